The van der Waals surface area contributed by atoms with Gasteiger partial charge in [0.25, 0.3) is 5.91 Å². The molecule has 0 aliphatic carbocycles. The second kappa shape index (κ2) is 20.7. The number of carbonyl (C=O) groups is 5. The van der Waals surface area contributed by atoms with Gasteiger partial charge >= 0.3 is 0 Å². The Morgan fingerprint density at radius 1 is 0.780 bits per heavy atom. The van der Waals surface area contributed by atoms with Crippen molar-refractivity contribution in [2.45, 2.75) is 76.2 Å². The summed E-state index contributed by atoms with van der Waals surface area (Å²) in [6.45, 7) is 1.46. The van der Waals surface area contributed by atoms with Crippen LogP contribution < -0.4 is 32.7 Å². The summed E-state index contributed by atoms with van der Waals surface area (Å²) in [4.78, 5) is 74.0. The molecule has 0 aliphatic rings. The number of amides is 4. The number of hydrogen-bond acceptors (Lipinski definition) is 8. The van der Waals surface area contributed by atoms with Crippen molar-refractivity contribution < 1.29 is 29.1 Å². The van der Waals surface area contributed by atoms with Crippen LogP contribution in [0.3, 0.4) is 0 Å². The normalized spacial score (nSPS) is 13.1. The molecule has 0 unspecified atom stereocenters. The highest BCUT2D eigenvalue weighted by molar-refractivity contribution is 6.38. The smallest absolute Gasteiger partial charge is 0.289 e. The third-order valence-electron chi connectivity index (χ3n) is 7.74. The highest BCUT2D eigenvalue weighted by Crippen LogP contribution is 2.09. The molecular weight excluding hydrogens is 640 g/mol. The van der Waals surface area contributed by atoms with Gasteiger partial charge < -0.3 is 37.8 Å². The number of hydrogen-bond donors (Lipinski definition) is 7. The highest BCUT2D eigenvalue weighted by atomic mass is 16.3. The van der Waals surface area contributed by atoms with E-state index in [1.54, 1.807) is 18.3 Å². The van der Waals surface area contributed by atoms with Gasteiger partial charge in [0.1, 0.15) is 12.1 Å². The summed E-state index contributed by atoms with van der Waals surface area (Å²) in [6, 6.07) is 18.4. The summed E-state index contributed by atoms with van der Waals surface area (Å²) in [7, 11) is 0. The fourth-order valence-electron chi connectivity index (χ4n) is 5.02. The zero-order chi connectivity index (χ0) is 36.3. The minimum Gasteiger partial charge on any atom is -0.391 e. The van der Waals surface area contributed by atoms with Gasteiger partial charge in [-0.25, -0.2) is 0 Å². The zero-order valence-corrected chi connectivity index (χ0v) is 28.1. The fraction of sp³-hybridized carbons (Fsp3) is 0.361. The Bertz CT molecular complexity index is 1570. The van der Waals surface area contributed by atoms with Crippen LogP contribution in [0.4, 0.5) is 0 Å². The first-order valence-corrected chi connectivity index (χ1v) is 16.5. The van der Waals surface area contributed by atoms with Crippen molar-refractivity contribution in [3.63, 3.8) is 0 Å². The molecule has 3 aromatic rings. The molecule has 50 heavy (non-hydrogen) atoms. The van der Waals surface area contributed by atoms with Crippen molar-refractivity contribution in [3.8, 4) is 0 Å². The molecule has 14 nitrogen and oxygen atoms in total. The molecule has 0 bridgehead atoms. The van der Waals surface area contributed by atoms with E-state index in [0.29, 0.717) is 18.4 Å². The number of nitrogens with zero attached hydrogens (tertiary/aromatic N) is 2. The van der Waals surface area contributed by atoms with Gasteiger partial charge in [0.15, 0.2) is 5.96 Å². The molecule has 0 saturated carbocycles. The second-order valence-electron chi connectivity index (χ2n) is 11.8. The molecule has 0 radical (unpaired) electrons. The van der Waals surface area contributed by atoms with Gasteiger partial charge in [0, 0.05) is 31.9 Å². The molecule has 1 heterocycles. The van der Waals surface area contributed by atoms with Crippen LogP contribution in [0.1, 0.15) is 49.3 Å². The van der Waals surface area contributed by atoms with Crippen LogP contribution in [0, 0.1) is 0 Å². The Kier molecular flexibility index (Phi) is 16.0. The maximum absolute atomic E-state index is 13.6. The van der Waals surface area contributed by atoms with E-state index in [0.717, 1.165) is 11.1 Å². The minimum absolute atomic E-state index is 0.0146. The predicted molar refractivity (Wildman–Crippen MR) is 188 cm³/mol. The van der Waals surface area contributed by atoms with Gasteiger partial charge in [0.05, 0.1) is 12.1 Å². The quantitative estimate of drug-likeness (QED) is 0.0377. The molecule has 1 aromatic heterocycles. The predicted octanol–water partition coefficient (Wildman–Crippen LogP) is 0.421. The van der Waals surface area contributed by atoms with Crippen LogP contribution in [0.15, 0.2) is 90.2 Å². The van der Waals surface area contributed by atoms with Crippen LogP contribution in [0.25, 0.3) is 0 Å². The molecule has 4 atom stereocenters. The standard InChI is InChI=1S/C36H46N8O6/c1-24(45)31(34(49)43-28(15-9-21-40-36(37)38)32(47)35(50)41-23-27-14-8-20-39-22-27)44-33(48)29(18-16-25-10-4-2-5-11-25)42-30(46)19-17-26-12-6-3-7-13-26/h2-8,10-14,20,22,24,28-29,31,45H,9,15-19,21,23H2,1H3,(H,41,50)(H,42,46)(H,43,49)(H,44,48)(H4,37,38,40)/t24-,28+,29+,31-/m1/s1. The Morgan fingerprint density at radius 2 is 1.42 bits per heavy atom. The monoisotopic (exact) mass is 686 g/mol. The van der Waals surface area contributed by atoms with Gasteiger partial charge in [-0.15, -0.1) is 0 Å². The molecule has 0 fully saturated rings. The number of guanidine groups is 1. The van der Waals surface area contributed by atoms with E-state index in [1.807, 2.05) is 60.7 Å². The number of aryl methyl sites for hydroxylation is 2. The van der Waals surface area contributed by atoms with Crippen molar-refractivity contribution in [1.82, 2.24) is 26.3 Å². The largest absolute Gasteiger partial charge is 0.391 e. The van der Waals surface area contributed by atoms with E-state index in [-0.39, 0.29) is 50.6 Å². The maximum Gasteiger partial charge on any atom is 0.289 e. The lowest BCUT2D eigenvalue weighted by molar-refractivity contribution is -0.141. The van der Waals surface area contributed by atoms with E-state index < -0.39 is 47.7 Å². The lowest BCUT2D eigenvalue weighted by Gasteiger charge is -2.26. The lowest BCUT2D eigenvalue weighted by Crippen LogP contribution is -2.59. The molecule has 14 heteroatoms. The lowest BCUT2D eigenvalue weighted by atomic mass is 10.0. The summed E-state index contributed by atoms with van der Waals surface area (Å²) < 4.78 is 0. The minimum atomic E-state index is -1.52. The highest BCUT2D eigenvalue weighted by Gasteiger charge is 2.33. The van der Waals surface area contributed by atoms with Crippen molar-refractivity contribution in [3.05, 3.63) is 102 Å². The van der Waals surface area contributed by atoms with Gasteiger partial charge in [-0.1, -0.05) is 66.7 Å². The van der Waals surface area contributed by atoms with Crippen LogP contribution in [0.2, 0.25) is 0 Å². The topological polar surface area (TPSA) is 231 Å². The number of aliphatic hydroxyl groups excluding tert-OH is 1. The first-order chi connectivity index (χ1) is 24.0. The molecule has 0 saturated heterocycles. The van der Waals surface area contributed by atoms with E-state index in [1.165, 1.54) is 13.1 Å². The number of nitrogens with one attached hydrogen (secondary N) is 4. The summed E-state index contributed by atoms with van der Waals surface area (Å²) in [5.74, 6) is -3.99. The SMILES string of the molecule is C[C@@H](O)[C@@H](NC(=O)[C@H](CCc1ccccc1)NC(=O)CCc1ccccc1)C(=O)N[C@@H](CCCN=C(N)N)C(=O)C(=O)NCc1cccnc1. The molecule has 4 amide bonds. The van der Waals surface area contributed by atoms with Crippen molar-refractivity contribution >= 4 is 35.4 Å². The maximum atomic E-state index is 13.6. The number of nitrogens with two attached hydrogens (primary N) is 2. The third-order valence-corrected chi connectivity index (χ3v) is 7.74. The number of carbonyl (C=O) groups excluding carboxylic acids is 5. The molecular formula is C36H46N8O6. The van der Waals surface area contributed by atoms with E-state index >= 15 is 0 Å². The number of ketones is 1. The molecule has 0 spiro atoms. The van der Waals surface area contributed by atoms with E-state index in [2.05, 4.69) is 31.2 Å². The Balaban J connectivity index is 1.72. The summed E-state index contributed by atoms with van der Waals surface area (Å²) >= 11 is 0. The number of benzene rings is 2. The Hall–Kier alpha value is -5.63. The van der Waals surface area contributed by atoms with Crippen LogP contribution in [-0.4, -0.2) is 76.2 Å². The number of rotatable bonds is 20. The molecule has 3 rings (SSSR count). The van der Waals surface area contributed by atoms with Crippen LogP contribution in [-0.2, 0) is 43.4 Å². The van der Waals surface area contributed by atoms with Gasteiger partial charge in [0.2, 0.25) is 23.5 Å². The van der Waals surface area contributed by atoms with Crippen LogP contribution in [0.5, 0.6) is 0 Å². The van der Waals surface area contributed by atoms with Crippen molar-refractivity contribution in [1.29, 1.82) is 0 Å². The Morgan fingerprint density at radius 3 is 2.02 bits per heavy atom. The average molecular weight is 687 g/mol. The second-order valence-corrected chi connectivity index (χ2v) is 11.8. The first-order valence-electron chi connectivity index (χ1n) is 16.5. The fourth-order valence-corrected chi connectivity index (χ4v) is 5.02. The van der Waals surface area contributed by atoms with Crippen LogP contribution >= 0.6 is 0 Å². The van der Waals surface area contributed by atoms with Gasteiger partial charge in [-0.2, -0.15) is 0 Å². The number of aliphatic hydroxyl groups is 1. The summed E-state index contributed by atoms with van der Waals surface area (Å²) in [5, 5.41) is 20.9. The summed E-state index contributed by atoms with van der Waals surface area (Å²) in [5.41, 5.74) is 13.4. The molecule has 9 N–H and O–H groups in total. The van der Waals surface area contributed by atoms with Crippen molar-refractivity contribution in [2.75, 3.05) is 6.54 Å². The number of pyridine rings is 1. The number of Topliss-reactive ketones (excluding diaryl/α,β-unsaturated/α-hetero) is 1. The van der Waals surface area contributed by atoms with Gasteiger partial charge in [-0.05, 0) is 61.8 Å². The molecule has 0 aliphatic heterocycles. The van der Waals surface area contributed by atoms with Crippen molar-refractivity contribution in [2.24, 2.45) is 16.5 Å². The zero-order valence-electron chi connectivity index (χ0n) is 28.1. The third kappa shape index (κ3) is 13.8. The first kappa shape index (κ1) is 38.8. The van der Waals surface area contributed by atoms with E-state index in [4.69, 9.17) is 11.5 Å². The molecule has 2 aromatic carbocycles. The van der Waals surface area contributed by atoms with Gasteiger partial charge in [-0.3, -0.25) is 33.9 Å². The Labute approximate surface area is 291 Å². The number of aliphatic imine (C=N–C) groups is 1. The van der Waals surface area contributed by atoms with E-state index in [9.17, 15) is 29.1 Å². The number of aromatic nitrogens is 1. The molecule has 266 valence electrons. The average Bonchev–Trinajstić information content (AvgIpc) is 3.12. The summed E-state index contributed by atoms with van der Waals surface area (Å²) in [6.07, 6.45) is 3.17.